The zero-order valence-electron chi connectivity index (χ0n) is 14.9. The fourth-order valence-electron chi connectivity index (χ4n) is 3.62. The van der Waals surface area contributed by atoms with Crippen LogP contribution in [0.25, 0.3) is 11.1 Å². The van der Waals surface area contributed by atoms with Crippen LogP contribution in [0.3, 0.4) is 0 Å². The predicted molar refractivity (Wildman–Crippen MR) is 110 cm³/mol. The Labute approximate surface area is 159 Å². The molecule has 2 N–H and O–H groups in total. The Kier molecular flexibility index (Phi) is 5.00. The third kappa shape index (κ3) is 3.64. The van der Waals surface area contributed by atoms with Gasteiger partial charge >= 0.3 is 0 Å². The quantitative estimate of drug-likeness (QED) is 0.421. The summed E-state index contributed by atoms with van der Waals surface area (Å²) in [7, 11) is 0. The van der Waals surface area contributed by atoms with Gasteiger partial charge in [0.05, 0.1) is 11.8 Å². The molecule has 26 heavy (non-hydrogen) atoms. The van der Waals surface area contributed by atoms with Gasteiger partial charge < -0.3 is 10.1 Å². The van der Waals surface area contributed by atoms with Crippen molar-refractivity contribution in [3.05, 3.63) is 59.2 Å². The summed E-state index contributed by atoms with van der Waals surface area (Å²) in [6, 6.07) is 15.2. The lowest BCUT2D eigenvalue weighted by Crippen LogP contribution is -2.37. The molecule has 0 saturated carbocycles. The highest BCUT2D eigenvalue weighted by Crippen LogP contribution is 2.36. The van der Waals surface area contributed by atoms with Gasteiger partial charge in [0.2, 0.25) is 0 Å². The summed E-state index contributed by atoms with van der Waals surface area (Å²) in [6.07, 6.45) is 3.47. The molecule has 1 aliphatic heterocycles. The summed E-state index contributed by atoms with van der Waals surface area (Å²) in [4.78, 5) is 0. The molecule has 2 aliphatic rings. The molecule has 1 saturated heterocycles. The van der Waals surface area contributed by atoms with Crippen LogP contribution in [0.2, 0.25) is 0 Å². The first-order chi connectivity index (χ1) is 12.7. The van der Waals surface area contributed by atoms with Crippen LogP contribution in [0.15, 0.2) is 47.6 Å². The number of hydrogen-bond donors (Lipinski definition) is 2. The van der Waals surface area contributed by atoms with Gasteiger partial charge in [-0.1, -0.05) is 36.4 Å². The van der Waals surface area contributed by atoms with Gasteiger partial charge in [0.25, 0.3) is 0 Å². The molecule has 0 radical (unpaired) electrons. The minimum absolute atomic E-state index is 0.262. The maximum Gasteiger partial charge on any atom is 0.187 e. The largest absolute Gasteiger partial charge is 0.376 e. The van der Waals surface area contributed by atoms with Gasteiger partial charge in [-0.05, 0) is 72.3 Å². The van der Waals surface area contributed by atoms with Crippen LogP contribution in [-0.4, -0.2) is 30.1 Å². The number of hydrogen-bond acceptors (Lipinski definition) is 3. The molecule has 0 bridgehead atoms. The normalized spacial score (nSPS) is 18.3. The van der Waals surface area contributed by atoms with Crippen LogP contribution in [0.5, 0.6) is 0 Å². The van der Waals surface area contributed by atoms with E-state index in [2.05, 4.69) is 58.3 Å². The Morgan fingerprint density at radius 1 is 1.19 bits per heavy atom. The molecule has 4 nitrogen and oxygen atoms in total. The predicted octanol–water partition coefficient (Wildman–Crippen LogP) is 3.62. The molecule has 134 valence electrons. The van der Waals surface area contributed by atoms with Gasteiger partial charge in [0.1, 0.15) is 0 Å². The highest BCUT2D eigenvalue weighted by atomic mass is 32.1. The Bertz CT molecular complexity index is 856. The average molecular weight is 366 g/mol. The van der Waals surface area contributed by atoms with E-state index < -0.39 is 0 Å². The van der Waals surface area contributed by atoms with Crippen LogP contribution in [0.4, 0.5) is 0 Å². The van der Waals surface area contributed by atoms with Crippen LogP contribution in [-0.2, 0) is 11.2 Å². The van der Waals surface area contributed by atoms with Crippen molar-refractivity contribution >= 4 is 23.0 Å². The van der Waals surface area contributed by atoms with Crippen LogP contribution >= 0.6 is 12.2 Å². The molecule has 1 fully saturated rings. The fraction of sp³-hybridized carbons (Fsp3) is 0.333. The van der Waals surface area contributed by atoms with Crippen molar-refractivity contribution in [3.63, 3.8) is 0 Å². The van der Waals surface area contributed by atoms with E-state index in [1.807, 2.05) is 6.92 Å². The number of benzene rings is 2. The van der Waals surface area contributed by atoms with E-state index in [1.165, 1.54) is 22.3 Å². The van der Waals surface area contributed by atoms with E-state index in [1.54, 1.807) is 0 Å². The van der Waals surface area contributed by atoms with Gasteiger partial charge in [-0.15, -0.1) is 0 Å². The first-order valence-corrected chi connectivity index (χ1v) is 9.53. The minimum Gasteiger partial charge on any atom is -0.376 e. The molecular formula is C21H23N3OS. The van der Waals surface area contributed by atoms with E-state index in [0.29, 0.717) is 5.11 Å². The Hall–Kier alpha value is -2.24. The fourth-order valence-corrected chi connectivity index (χ4v) is 3.75. The van der Waals surface area contributed by atoms with Gasteiger partial charge in [0.15, 0.2) is 5.11 Å². The molecule has 2 aromatic carbocycles. The lowest BCUT2D eigenvalue weighted by Gasteiger charge is -2.12. The second kappa shape index (κ2) is 7.56. The molecule has 2 aromatic rings. The van der Waals surface area contributed by atoms with E-state index in [-0.39, 0.29) is 6.10 Å². The number of nitrogens with zero attached hydrogens (tertiary/aromatic N) is 1. The van der Waals surface area contributed by atoms with Crippen molar-refractivity contribution in [3.8, 4) is 11.1 Å². The number of thiocarbonyl (C=S) groups is 1. The van der Waals surface area contributed by atoms with Gasteiger partial charge in [-0.2, -0.15) is 5.10 Å². The van der Waals surface area contributed by atoms with Crippen LogP contribution in [0.1, 0.15) is 36.5 Å². The molecule has 1 heterocycles. The van der Waals surface area contributed by atoms with Gasteiger partial charge in [0, 0.05) is 13.2 Å². The number of hydrazone groups is 1. The van der Waals surface area contributed by atoms with Crippen molar-refractivity contribution < 1.29 is 4.74 Å². The molecule has 0 amide bonds. The third-order valence-corrected chi connectivity index (χ3v) is 5.29. The van der Waals surface area contributed by atoms with E-state index in [9.17, 15) is 0 Å². The summed E-state index contributed by atoms with van der Waals surface area (Å²) in [5.41, 5.74) is 10.4. The molecular weight excluding hydrogens is 342 g/mol. The maximum absolute atomic E-state index is 5.58. The van der Waals surface area contributed by atoms with E-state index in [4.69, 9.17) is 17.0 Å². The van der Waals surface area contributed by atoms with Crippen LogP contribution < -0.4 is 10.7 Å². The second-order valence-corrected chi connectivity index (χ2v) is 7.27. The standard InChI is InChI=1S/C21H23N3OS/c1-14(23-24-21(26)22-13-18-6-4-10-25-18)15-8-9-20-17(11-15)12-16-5-2-3-7-19(16)20/h2-3,5,7-9,11,18H,4,6,10,12-13H2,1H3,(H2,22,24,26)/b23-14-/t18-/m0/s1. The Morgan fingerprint density at radius 3 is 2.88 bits per heavy atom. The molecule has 4 rings (SSSR count). The van der Waals surface area contributed by atoms with Gasteiger partial charge in [-0.25, -0.2) is 0 Å². The first-order valence-electron chi connectivity index (χ1n) is 9.12. The van der Waals surface area contributed by atoms with E-state index >= 15 is 0 Å². The summed E-state index contributed by atoms with van der Waals surface area (Å²) >= 11 is 5.30. The lowest BCUT2D eigenvalue weighted by molar-refractivity contribution is 0.114. The van der Waals surface area contributed by atoms with Crippen molar-refractivity contribution in [2.45, 2.75) is 32.3 Å². The minimum atomic E-state index is 0.262. The zero-order chi connectivity index (χ0) is 17.9. The summed E-state index contributed by atoms with van der Waals surface area (Å²) in [6.45, 7) is 3.59. The topological polar surface area (TPSA) is 45.7 Å². The Morgan fingerprint density at radius 2 is 2.04 bits per heavy atom. The molecule has 1 aliphatic carbocycles. The molecule has 1 atom stereocenters. The summed E-state index contributed by atoms with van der Waals surface area (Å²) in [5.74, 6) is 0. The van der Waals surface area contributed by atoms with E-state index in [0.717, 1.165) is 43.7 Å². The highest BCUT2D eigenvalue weighted by molar-refractivity contribution is 7.80. The van der Waals surface area contributed by atoms with Crippen molar-refractivity contribution in [2.24, 2.45) is 5.10 Å². The number of fused-ring (bicyclic) bond motifs is 3. The van der Waals surface area contributed by atoms with Crippen molar-refractivity contribution in [1.29, 1.82) is 0 Å². The molecule has 5 heteroatoms. The summed E-state index contributed by atoms with van der Waals surface area (Å²) < 4.78 is 5.58. The zero-order valence-corrected chi connectivity index (χ0v) is 15.7. The van der Waals surface area contributed by atoms with Crippen molar-refractivity contribution in [2.75, 3.05) is 13.2 Å². The first kappa shape index (κ1) is 17.2. The third-order valence-electron chi connectivity index (χ3n) is 5.05. The van der Waals surface area contributed by atoms with Gasteiger partial charge in [-0.3, -0.25) is 5.43 Å². The second-order valence-electron chi connectivity index (χ2n) is 6.86. The average Bonchev–Trinajstić information content (AvgIpc) is 3.31. The maximum atomic E-state index is 5.58. The number of ether oxygens (including phenoxy) is 1. The smallest absolute Gasteiger partial charge is 0.187 e. The Balaban J connectivity index is 1.39. The highest BCUT2D eigenvalue weighted by Gasteiger charge is 2.18. The molecule has 0 spiro atoms. The molecule has 0 aromatic heterocycles. The number of rotatable bonds is 4. The number of nitrogens with one attached hydrogen (secondary N) is 2. The monoisotopic (exact) mass is 365 g/mol. The lowest BCUT2D eigenvalue weighted by atomic mass is 10.0. The SMILES string of the molecule is C/C(=N/NC(=S)NC[C@@H]1CCCO1)c1ccc2c(c1)Cc1ccccc1-2. The summed E-state index contributed by atoms with van der Waals surface area (Å²) in [5, 5.41) is 8.15. The molecule has 0 unspecified atom stereocenters. The van der Waals surface area contributed by atoms with Crippen molar-refractivity contribution in [1.82, 2.24) is 10.7 Å². The van der Waals surface area contributed by atoms with Crippen LogP contribution in [0, 0.1) is 0 Å².